The standard InChI is InChI=1S/C20H24N4O3S2/c21-12-4-14-23-29(26,27)16-10-8-15(9-11-16)20(25)22-13-3-7-19-24-17-5-1-2-6-18(17)28-19/h8-11,23H,1-7,13-14H2,(H,22,25). The van der Waals surface area contributed by atoms with Crippen molar-refractivity contribution in [1.82, 2.24) is 15.0 Å². The topological polar surface area (TPSA) is 112 Å². The molecule has 0 saturated carbocycles. The molecule has 1 heterocycles. The van der Waals surface area contributed by atoms with E-state index < -0.39 is 10.0 Å². The molecule has 0 spiro atoms. The van der Waals surface area contributed by atoms with Crippen LogP contribution in [0.25, 0.3) is 0 Å². The van der Waals surface area contributed by atoms with Gasteiger partial charge < -0.3 is 5.32 Å². The van der Waals surface area contributed by atoms with Gasteiger partial charge >= 0.3 is 0 Å². The first-order chi connectivity index (χ1) is 14.0. The van der Waals surface area contributed by atoms with Crippen LogP contribution in [-0.4, -0.2) is 32.4 Å². The summed E-state index contributed by atoms with van der Waals surface area (Å²) in [6.07, 6.45) is 6.47. The molecule has 154 valence electrons. The largest absolute Gasteiger partial charge is 0.352 e. The molecule has 1 aliphatic rings. The molecule has 9 heteroatoms. The van der Waals surface area contributed by atoms with Gasteiger partial charge in [-0.15, -0.1) is 11.3 Å². The van der Waals surface area contributed by atoms with E-state index in [1.54, 1.807) is 11.3 Å². The van der Waals surface area contributed by atoms with Gasteiger partial charge in [0, 0.05) is 36.4 Å². The van der Waals surface area contributed by atoms with Crippen molar-refractivity contribution in [1.29, 1.82) is 5.26 Å². The van der Waals surface area contributed by atoms with Crippen LogP contribution < -0.4 is 10.0 Å². The number of carbonyl (C=O) groups is 1. The maximum Gasteiger partial charge on any atom is 0.251 e. The zero-order chi connectivity index (χ0) is 20.7. The first kappa shape index (κ1) is 21.4. The van der Waals surface area contributed by atoms with Gasteiger partial charge in [-0.1, -0.05) is 0 Å². The molecule has 0 radical (unpaired) electrons. The van der Waals surface area contributed by atoms with E-state index in [0.29, 0.717) is 12.1 Å². The van der Waals surface area contributed by atoms with Crippen molar-refractivity contribution in [3.05, 3.63) is 45.4 Å². The van der Waals surface area contributed by atoms with Gasteiger partial charge in [0.05, 0.1) is 21.7 Å². The number of hydrogen-bond acceptors (Lipinski definition) is 6. The summed E-state index contributed by atoms with van der Waals surface area (Å²) < 4.78 is 26.5. The minimum absolute atomic E-state index is 0.0587. The van der Waals surface area contributed by atoms with E-state index in [2.05, 4.69) is 10.0 Å². The lowest BCUT2D eigenvalue weighted by Gasteiger charge is -2.07. The number of benzene rings is 1. The van der Waals surface area contributed by atoms with Gasteiger partial charge in [0.1, 0.15) is 0 Å². The Morgan fingerprint density at radius 1 is 1.17 bits per heavy atom. The molecule has 3 rings (SSSR count). The van der Waals surface area contributed by atoms with Crippen LogP contribution in [0.2, 0.25) is 0 Å². The highest BCUT2D eigenvalue weighted by molar-refractivity contribution is 7.89. The molecule has 1 aromatic carbocycles. The number of sulfonamides is 1. The fourth-order valence-corrected chi connectivity index (χ4v) is 5.40. The number of aromatic nitrogens is 1. The third-order valence-corrected chi connectivity index (χ3v) is 7.39. The molecule has 1 aromatic heterocycles. The number of nitrogens with zero attached hydrogens (tertiary/aromatic N) is 2. The predicted octanol–water partition coefficient (Wildman–Crippen LogP) is 2.58. The van der Waals surface area contributed by atoms with Gasteiger partial charge in [-0.2, -0.15) is 5.26 Å². The molecule has 0 bridgehead atoms. The molecular weight excluding hydrogens is 408 g/mol. The van der Waals surface area contributed by atoms with Gasteiger partial charge in [0.2, 0.25) is 10.0 Å². The SMILES string of the molecule is N#CCCNS(=O)(=O)c1ccc(C(=O)NCCCc2nc3c(s2)CCCC3)cc1. The van der Waals surface area contributed by atoms with E-state index in [9.17, 15) is 13.2 Å². The first-order valence-electron chi connectivity index (χ1n) is 9.72. The minimum atomic E-state index is -3.67. The number of nitriles is 1. The van der Waals surface area contributed by atoms with Crippen LogP contribution in [0.4, 0.5) is 0 Å². The summed E-state index contributed by atoms with van der Waals surface area (Å²) in [7, 11) is -3.67. The molecule has 2 N–H and O–H groups in total. The summed E-state index contributed by atoms with van der Waals surface area (Å²) in [5.74, 6) is -0.232. The van der Waals surface area contributed by atoms with Crippen molar-refractivity contribution in [3.63, 3.8) is 0 Å². The molecule has 0 aliphatic heterocycles. The summed E-state index contributed by atoms with van der Waals surface area (Å²) in [5, 5.41) is 12.5. The van der Waals surface area contributed by atoms with Gasteiger partial charge in [-0.05, 0) is 56.4 Å². The minimum Gasteiger partial charge on any atom is -0.352 e. The Bertz CT molecular complexity index is 968. The van der Waals surface area contributed by atoms with Gasteiger partial charge in [0.15, 0.2) is 0 Å². The van der Waals surface area contributed by atoms with Crippen LogP contribution in [0.1, 0.15) is 51.6 Å². The van der Waals surface area contributed by atoms with E-state index >= 15 is 0 Å². The summed E-state index contributed by atoms with van der Waals surface area (Å²) in [6, 6.07) is 7.64. The average molecular weight is 433 g/mol. The predicted molar refractivity (Wildman–Crippen MR) is 111 cm³/mol. The average Bonchev–Trinajstić information content (AvgIpc) is 3.14. The maximum absolute atomic E-state index is 12.3. The third kappa shape index (κ3) is 5.85. The Morgan fingerprint density at radius 2 is 1.93 bits per heavy atom. The number of nitrogens with one attached hydrogen (secondary N) is 2. The van der Waals surface area contributed by atoms with Crippen LogP contribution in [-0.2, 0) is 29.3 Å². The van der Waals surface area contributed by atoms with Crippen LogP contribution in [0.5, 0.6) is 0 Å². The highest BCUT2D eigenvalue weighted by Gasteiger charge is 2.16. The highest BCUT2D eigenvalue weighted by Crippen LogP contribution is 2.27. The van der Waals surface area contributed by atoms with Crippen LogP contribution in [0.3, 0.4) is 0 Å². The van der Waals surface area contributed by atoms with Crippen molar-refractivity contribution in [2.75, 3.05) is 13.1 Å². The Labute approximate surface area is 175 Å². The Balaban J connectivity index is 1.46. The molecule has 0 unspecified atom stereocenters. The lowest BCUT2D eigenvalue weighted by Crippen LogP contribution is -2.26. The van der Waals surface area contributed by atoms with E-state index in [-0.39, 0.29) is 23.8 Å². The van der Waals surface area contributed by atoms with E-state index in [1.807, 2.05) is 6.07 Å². The fraction of sp³-hybridized carbons (Fsp3) is 0.450. The molecule has 29 heavy (non-hydrogen) atoms. The quantitative estimate of drug-likeness (QED) is 0.592. The second kappa shape index (κ2) is 9.96. The zero-order valence-electron chi connectivity index (χ0n) is 16.1. The second-order valence-electron chi connectivity index (χ2n) is 6.87. The Hall–Kier alpha value is -2.28. The smallest absolute Gasteiger partial charge is 0.251 e. The van der Waals surface area contributed by atoms with E-state index in [1.165, 1.54) is 47.7 Å². The van der Waals surface area contributed by atoms with E-state index in [0.717, 1.165) is 30.7 Å². The van der Waals surface area contributed by atoms with Crippen molar-refractivity contribution < 1.29 is 13.2 Å². The number of hydrogen-bond donors (Lipinski definition) is 2. The van der Waals surface area contributed by atoms with Gasteiger partial charge in [0.25, 0.3) is 5.91 Å². The Kier molecular flexibility index (Phi) is 7.36. The molecule has 0 atom stereocenters. The summed E-state index contributed by atoms with van der Waals surface area (Å²) >= 11 is 1.80. The molecule has 2 aromatic rings. The number of fused-ring (bicyclic) bond motifs is 1. The second-order valence-corrected chi connectivity index (χ2v) is 9.81. The van der Waals surface area contributed by atoms with Crippen molar-refractivity contribution in [2.45, 2.75) is 49.8 Å². The number of rotatable bonds is 9. The maximum atomic E-state index is 12.3. The fourth-order valence-electron chi connectivity index (χ4n) is 3.17. The zero-order valence-corrected chi connectivity index (χ0v) is 17.7. The highest BCUT2D eigenvalue weighted by atomic mass is 32.2. The first-order valence-corrected chi connectivity index (χ1v) is 12.0. The molecule has 7 nitrogen and oxygen atoms in total. The summed E-state index contributed by atoms with van der Waals surface area (Å²) in [4.78, 5) is 18.5. The molecule has 1 amide bonds. The van der Waals surface area contributed by atoms with Crippen molar-refractivity contribution in [3.8, 4) is 6.07 Å². The van der Waals surface area contributed by atoms with Crippen molar-refractivity contribution in [2.24, 2.45) is 0 Å². The molecule has 0 saturated heterocycles. The lowest BCUT2D eigenvalue weighted by atomic mass is 10.0. The lowest BCUT2D eigenvalue weighted by molar-refractivity contribution is 0.0953. The number of thiazole rings is 1. The normalized spacial score (nSPS) is 13.5. The van der Waals surface area contributed by atoms with Crippen molar-refractivity contribution >= 4 is 27.3 Å². The molecule has 0 fully saturated rings. The number of carbonyl (C=O) groups excluding carboxylic acids is 1. The summed E-state index contributed by atoms with van der Waals surface area (Å²) in [5.41, 5.74) is 1.67. The molecular formula is C20H24N4O3S2. The number of amides is 1. The van der Waals surface area contributed by atoms with Gasteiger partial charge in [-0.25, -0.2) is 18.1 Å². The van der Waals surface area contributed by atoms with Crippen LogP contribution in [0, 0.1) is 11.3 Å². The van der Waals surface area contributed by atoms with Crippen LogP contribution in [0.15, 0.2) is 29.2 Å². The van der Waals surface area contributed by atoms with Crippen LogP contribution >= 0.6 is 11.3 Å². The van der Waals surface area contributed by atoms with Gasteiger partial charge in [-0.3, -0.25) is 4.79 Å². The van der Waals surface area contributed by atoms with E-state index in [4.69, 9.17) is 10.2 Å². The third-order valence-electron chi connectivity index (χ3n) is 4.70. The monoisotopic (exact) mass is 432 g/mol. The summed E-state index contributed by atoms with van der Waals surface area (Å²) in [6.45, 7) is 0.599. The Morgan fingerprint density at radius 3 is 2.66 bits per heavy atom. The molecule has 1 aliphatic carbocycles. The number of aryl methyl sites for hydroxylation is 3.